The number of hydrogen-bond acceptors (Lipinski definition) is 6. The van der Waals surface area contributed by atoms with Crippen LogP contribution in [0.5, 0.6) is 0 Å². The van der Waals surface area contributed by atoms with Gasteiger partial charge in [0.15, 0.2) is 5.58 Å². The van der Waals surface area contributed by atoms with E-state index in [0.717, 1.165) is 51.5 Å². The van der Waals surface area contributed by atoms with Crippen LogP contribution in [-0.2, 0) is 20.8 Å². The van der Waals surface area contributed by atoms with Crippen molar-refractivity contribution >= 4 is 17.0 Å². The standard InChI is InChI=1S/C20H27N3O5/c24-19(5-7-23-16-3-1-2-4-18(16)28-20(23)25)21-13-17(15-6-10-27-14-15)22-8-11-26-12-9-22/h1-4,15,17H,5-14H2,(H,21,24). The largest absolute Gasteiger partial charge is 0.419 e. The number of rotatable bonds is 7. The summed E-state index contributed by atoms with van der Waals surface area (Å²) in [5, 5.41) is 3.06. The van der Waals surface area contributed by atoms with Crippen molar-refractivity contribution in [2.45, 2.75) is 25.4 Å². The minimum atomic E-state index is -0.428. The summed E-state index contributed by atoms with van der Waals surface area (Å²) in [6.07, 6.45) is 1.26. The summed E-state index contributed by atoms with van der Waals surface area (Å²) in [4.78, 5) is 26.9. The van der Waals surface area contributed by atoms with Gasteiger partial charge in [0.1, 0.15) is 0 Å². The van der Waals surface area contributed by atoms with Crippen LogP contribution in [0, 0.1) is 5.92 Å². The van der Waals surface area contributed by atoms with Crippen molar-refractivity contribution in [2.24, 2.45) is 5.92 Å². The van der Waals surface area contributed by atoms with E-state index in [2.05, 4.69) is 10.2 Å². The first-order valence-electron chi connectivity index (χ1n) is 9.97. The number of oxazole rings is 1. The molecule has 1 amide bonds. The van der Waals surface area contributed by atoms with Crippen molar-refractivity contribution in [1.29, 1.82) is 0 Å². The zero-order valence-electron chi connectivity index (χ0n) is 16.0. The van der Waals surface area contributed by atoms with Crippen LogP contribution < -0.4 is 11.1 Å². The number of carbonyl (C=O) groups excluding carboxylic acids is 1. The molecule has 1 N–H and O–H groups in total. The number of para-hydroxylation sites is 2. The second-order valence-electron chi connectivity index (χ2n) is 7.38. The van der Waals surface area contributed by atoms with Crippen molar-refractivity contribution < 1.29 is 18.7 Å². The Morgan fingerprint density at radius 2 is 2.00 bits per heavy atom. The summed E-state index contributed by atoms with van der Waals surface area (Å²) in [6, 6.07) is 7.51. The highest BCUT2D eigenvalue weighted by Gasteiger charge is 2.31. The van der Waals surface area contributed by atoms with Crippen LogP contribution in [0.2, 0.25) is 0 Å². The van der Waals surface area contributed by atoms with Crippen LogP contribution >= 0.6 is 0 Å². The number of amides is 1. The molecule has 2 atom stereocenters. The Hall–Kier alpha value is -2.16. The van der Waals surface area contributed by atoms with Gasteiger partial charge >= 0.3 is 5.76 Å². The number of aromatic nitrogens is 1. The Morgan fingerprint density at radius 1 is 1.18 bits per heavy atom. The second-order valence-corrected chi connectivity index (χ2v) is 7.38. The highest BCUT2D eigenvalue weighted by molar-refractivity contribution is 5.76. The number of fused-ring (bicyclic) bond motifs is 1. The number of ether oxygens (including phenoxy) is 2. The molecule has 2 aliphatic rings. The lowest BCUT2D eigenvalue weighted by atomic mass is 9.97. The number of carbonyl (C=O) groups is 1. The minimum absolute atomic E-state index is 0.0608. The van der Waals surface area contributed by atoms with E-state index in [0.29, 0.717) is 24.6 Å². The van der Waals surface area contributed by atoms with E-state index in [4.69, 9.17) is 13.9 Å². The molecule has 0 radical (unpaired) electrons. The van der Waals surface area contributed by atoms with E-state index in [-0.39, 0.29) is 18.4 Å². The van der Waals surface area contributed by atoms with E-state index in [1.165, 1.54) is 4.57 Å². The van der Waals surface area contributed by atoms with Crippen LogP contribution in [0.3, 0.4) is 0 Å². The molecule has 0 spiro atoms. The SMILES string of the molecule is O=C(CCn1c(=O)oc2ccccc21)NCC(C1CCOC1)N1CCOCC1. The van der Waals surface area contributed by atoms with E-state index < -0.39 is 5.76 Å². The molecule has 152 valence electrons. The molecule has 1 aromatic carbocycles. The predicted octanol–water partition coefficient (Wildman–Crippen LogP) is 0.838. The second kappa shape index (κ2) is 8.89. The number of benzene rings is 1. The molecular formula is C20H27N3O5. The molecule has 0 saturated carbocycles. The highest BCUT2D eigenvalue weighted by atomic mass is 16.5. The van der Waals surface area contributed by atoms with Gasteiger partial charge in [-0.25, -0.2) is 4.79 Å². The monoisotopic (exact) mass is 389 g/mol. The van der Waals surface area contributed by atoms with Crippen LogP contribution in [0.4, 0.5) is 0 Å². The zero-order valence-corrected chi connectivity index (χ0v) is 16.0. The van der Waals surface area contributed by atoms with Gasteiger partial charge in [0.2, 0.25) is 5.91 Å². The van der Waals surface area contributed by atoms with Gasteiger partial charge in [-0.1, -0.05) is 12.1 Å². The number of nitrogens with zero attached hydrogens (tertiary/aromatic N) is 2. The van der Waals surface area contributed by atoms with Gasteiger partial charge in [0.05, 0.1) is 25.3 Å². The fourth-order valence-corrected chi connectivity index (χ4v) is 4.11. The Kier molecular flexibility index (Phi) is 6.09. The lowest BCUT2D eigenvalue weighted by molar-refractivity contribution is -0.121. The molecular weight excluding hydrogens is 362 g/mol. The van der Waals surface area contributed by atoms with Crippen molar-refractivity contribution in [3.63, 3.8) is 0 Å². The van der Waals surface area contributed by atoms with Gasteiger partial charge in [0, 0.05) is 51.2 Å². The van der Waals surface area contributed by atoms with Crippen LogP contribution in [0.15, 0.2) is 33.5 Å². The topological polar surface area (TPSA) is 85.9 Å². The summed E-state index contributed by atoms with van der Waals surface area (Å²) in [5.74, 6) is -0.0588. The van der Waals surface area contributed by atoms with Gasteiger partial charge in [-0.2, -0.15) is 0 Å². The fraction of sp³-hybridized carbons (Fsp3) is 0.600. The first-order chi connectivity index (χ1) is 13.7. The Labute approximate surface area is 163 Å². The number of nitrogens with one attached hydrogen (secondary N) is 1. The molecule has 4 rings (SSSR count). The molecule has 8 nitrogen and oxygen atoms in total. The average Bonchev–Trinajstić information content (AvgIpc) is 3.35. The first kappa shape index (κ1) is 19.2. The molecule has 8 heteroatoms. The highest BCUT2D eigenvalue weighted by Crippen LogP contribution is 2.22. The third kappa shape index (κ3) is 4.29. The van der Waals surface area contributed by atoms with Gasteiger partial charge in [0.25, 0.3) is 0 Å². The Balaban J connectivity index is 1.34. The smallest absolute Gasteiger partial charge is 0.408 e. The predicted molar refractivity (Wildman–Crippen MR) is 103 cm³/mol. The zero-order chi connectivity index (χ0) is 19.3. The van der Waals surface area contributed by atoms with Crippen LogP contribution in [0.25, 0.3) is 11.1 Å². The minimum Gasteiger partial charge on any atom is -0.408 e. The van der Waals surface area contributed by atoms with E-state index in [1.807, 2.05) is 18.2 Å². The van der Waals surface area contributed by atoms with Gasteiger partial charge in [-0.05, 0) is 18.6 Å². The molecule has 2 aliphatic heterocycles. The van der Waals surface area contributed by atoms with Crippen molar-refractivity contribution in [1.82, 2.24) is 14.8 Å². The molecule has 2 aromatic rings. The number of morpholine rings is 1. The maximum Gasteiger partial charge on any atom is 0.419 e. The summed E-state index contributed by atoms with van der Waals surface area (Å²) in [5.41, 5.74) is 1.26. The molecule has 3 heterocycles. The van der Waals surface area contributed by atoms with Crippen LogP contribution in [-0.4, -0.2) is 67.5 Å². The lowest BCUT2D eigenvalue weighted by Gasteiger charge is -2.37. The summed E-state index contributed by atoms with van der Waals surface area (Å²) in [7, 11) is 0. The normalized spacial score (nSPS) is 21.8. The number of aryl methyl sites for hydroxylation is 1. The molecule has 2 unspecified atom stereocenters. The summed E-state index contributed by atoms with van der Waals surface area (Å²) < 4.78 is 17.8. The molecule has 28 heavy (non-hydrogen) atoms. The van der Waals surface area contributed by atoms with Gasteiger partial charge < -0.3 is 19.2 Å². The Bertz CT molecular complexity index is 849. The van der Waals surface area contributed by atoms with E-state index in [1.54, 1.807) is 6.07 Å². The summed E-state index contributed by atoms with van der Waals surface area (Å²) >= 11 is 0. The van der Waals surface area contributed by atoms with Crippen molar-refractivity contribution in [3.8, 4) is 0 Å². The molecule has 2 fully saturated rings. The van der Waals surface area contributed by atoms with Gasteiger partial charge in [-0.3, -0.25) is 14.3 Å². The van der Waals surface area contributed by atoms with Crippen LogP contribution in [0.1, 0.15) is 12.8 Å². The molecule has 0 bridgehead atoms. The van der Waals surface area contributed by atoms with E-state index in [9.17, 15) is 9.59 Å². The van der Waals surface area contributed by atoms with Crippen molar-refractivity contribution in [2.75, 3.05) is 46.1 Å². The van der Waals surface area contributed by atoms with E-state index >= 15 is 0 Å². The maximum atomic E-state index is 12.5. The van der Waals surface area contributed by atoms with Gasteiger partial charge in [-0.15, -0.1) is 0 Å². The lowest BCUT2D eigenvalue weighted by Crippen LogP contribution is -2.52. The molecule has 1 aromatic heterocycles. The maximum absolute atomic E-state index is 12.5. The fourth-order valence-electron chi connectivity index (χ4n) is 4.11. The average molecular weight is 389 g/mol. The molecule has 2 saturated heterocycles. The molecule has 0 aliphatic carbocycles. The third-order valence-electron chi connectivity index (χ3n) is 5.67. The quantitative estimate of drug-likeness (QED) is 0.755. The third-order valence-corrected chi connectivity index (χ3v) is 5.67. The van der Waals surface area contributed by atoms with Crippen molar-refractivity contribution in [3.05, 3.63) is 34.8 Å². The first-order valence-corrected chi connectivity index (χ1v) is 9.97. The number of hydrogen-bond donors (Lipinski definition) is 1. The Morgan fingerprint density at radius 3 is 2.79 bits per heavy atom. The summed E-state index contributed by atoms with van der Waals surface area (Å²) in [6.45, 7) is 5.65.